The molecule has 2 aromatic rings. The van der Waals surface area contributed by atoms with Gasteiger partial charge in [-0.05, 0) is 5.56 Å². The second-order valence-electron chi connectivity index (χ2n) is 5.67. The van der Waals surface area contributed by atoms with Crippen LogP contribution in [-0.4, -0.2) is 42.5 Å². The Labute approximate surface area is 151 Å². The standard InChI is InChI=1S/C16H17IN2O5/c17-12-11(8-20)24-15(13(12)21)19-7-10(14(22)18-16(19)23)6-9-4-2-1-3-5-9/h1-5,7,11-13,15,20-21H,6,8H2,(H,18,22,23)/t11-,12?,13?,15-/m0/s1. The van der Waals surface area contributed by atoms with E-state index in [-0.39, 0.29) is 10.5 Å². The zero-order valence-corrected chi connectivity index (χ0v) is 14.8. The van der Waals surface area contributed by atoms with E-state index in [2.05, 4.69) is 4.98 Å². The molecule has 3 N–H and O–H groups in total. The molecule has 1 saturated heterocycles. The maximum atomic E-state index is 12.1. The quantitative estimate of drug-likeness (QED) is 0.461. The number of halogens is 1. The fourth-order valence-electron chi connectivity index (χ4n) is 2.74. The number of ether oxygens (including phenoxy) is 1. The van der Waals surface area contributed by atoms with Gasteiger partial charge in [-0.15, -0.1) is 0 Å². The Morgan fingerprint density at radius 3 is 2.58 bits per heavy atom. The van der Waals surface area contributed by atoms with Crippen LogP contribution in [0.4, 0.5) is 0 Å². The van der Waals surface area contributed by atoms with Gasteiger partial charge in [-0.1, -0.05) is 52.9 Å². The molecule has 0 saturated carbocycles. The molecule has 0 aliphatic carbocycles. The monoisotopic (exact) mass is 444 g/mol. The van der Waals surface area contributed by atoms with Crippen molar-refractivity contribution in [1.29, 1.82) is 0 Å². The number of H-pyrrole nitrogens is 1. The van der Waals surface area contributed by atoms with Crippen molar-refractivity contribution in [3.05, 3.63) is 68.5 Å². The van der Waals surface area contributed by atoms with Crippen molar-refractivity contribution >= 4 is 22.6 Å². The highest BCUT2D eigenvalue weighted by Crippen LogP contribution is 2.33. The third-order valence-corrected chi connectivity index (χ3v) is 5.56. The lowest BCUT2D eigenvalue weighted by molar-refractivity contribution is -0.0530. The first-order chi connectivity index (χ1) is 11.5. The first-order valence-electron chi connectivity index (χ1n) is 7.48. The van der Waals surface area contributed by atoms with Gasteiger partial charge in [0.1, 0.15) is 6.10 Å². The molecule has 24 heavy (non-hydrogen) atoms. The maximum Gasteiger partial charge on any atom is 0.330 e. The molecule has 2 unspecified atom stereocenters. The van der Waals surface area contributed by atoms with Gasteiger partial charge < -0.3 is 14.9 Å². The third kappa shape index (κ3) is 3.32. The molecule has 1 aromatic heterocycles. The number of aromatic nitrogens is 2. The van der Waals surface area contributed by atoms with Crippen LogP contribution in [-0.2, 0) is 11.2 Å². The van der Waals surface area contributed by atoms with Gasteiger partial charge >= 0.3 is 5.69 Å². The maximum absolute atomic E-state index is 12.1. The minimum absolute atomic E-state index is 0.254. The van der Waals surface area contributed by atoms with Gasteiger partial charge in [0.2, 0.25) is 0 Å². The summed E-state index contributed by atoms with van der Waals surface area (Å²) in [5, 5.41) is 19.6. The van der Waals surface area contributed by atoms with Gasteiger partial charge in [-0.3, -0.25) is 14.3 Å². The van der Waals surface area contributed by atoms with E-state index < -0.39 is 29.7 Å². The number of benzene rings is 1. The highest BCUT2D eigenvalue weighted by atomic mass is 127. The van der Waals surface area contributed by atoms with Crippen molar-refractivity contribution in [2.24, 2.45) is 0 Å². The van der Waals surface area contributed by atoms with E-state index in [0.717, 1.165) is 5.56 Å². The molecule has 1 aliphatic rings. The molecular formula is C16H17IN2O5. The smallest absolute Gasteiger partial charge is 0.330 e. The van der Waals surface area contributed by atoms with Crippen molar-refractivity contribution in [3.63, 3.8) is 0 Å². The van der Waals surface area contributed by atoms with E-state index >= 15 is 0 Å². The fraction of sp³-hybridized carbons (Fsp3) is 0.375. The highest BCUT2D eigenvalue weighted by Gasteiger charge is 2.43. The van der Waals surface area contributed by atoms with Crippen LogP contribution in [0.1, 0.15) is 17.4 Å². The topological polar surface area (TPSA) is 105 Å². The van der Waals surface area contributed by atoms with Gasteiger partial charge in [0.05, 0.1) is 16.6 Å². The molecule has 8 heteroatoms. The molecular weight excluding hydrogens is 427 g/mol. The van der Waals surface area contributed by atoms with E-state index in [9.17, 15) is 19.8 Å². The largest absolute Gasteiger partial charge is 0.394 e. The first-order valence-corrected chi connectivity index (χ1v) is 8.72. The molecule has 4 atom stereocenters. The Kier molecular flexibility index (Phi) is 5.18. The zero-order valence-electron chi connectivity index (χ0n) is 12.6. The summed E-state index contributed by atoms with van der Waals surface area (Å²) < 4.78 is 6.41. The Balaban J connectivity index is 1.96. The van der Waals surface area contributed by atoms with Crippen LogP contribution < -0.4 is 11.2 Å². The highest BCUT2D eigenvalue weighted by molar-refractivity contribution is 14.1. The van der Waals surface area contributed by atoms with E-state index in [1.54, 1.807) is 0 Å². The lowest BCUT2D eigenvalue weighted by atomic mass is 10.1. The SMILES string of the molecule is O=c1[nH]c(=O)n([C@H]2O[C@@H](CO)C(I)C2O)cc1Cc1ccccc1. The summed E-state index contributed by atoms with van der Waals surface area (Å²) in [5.41, 5.74) is 0.218. The molecule has 0 spiro atoms. The van der Waals surface area contributed by atoms with E-state index in [1.807, 2.05) is 52.9 Å². The summed E-state index contributed by atoms with van der Waals surface area (Å²) in [6, 6.07) is 9.40. The molecule has 0 amide bonds. The molecule has 1 fully saturated rings. The predicted molar refractivity (Wildman–Crippen MR) is 95.4 cm³/mol. The van der Waals surface area contributed by atoms with Crippen LogP contribution >= 0.6 is 22.6 Å². The minimum atomic E-state index is -0.962. The summed E-state index contributed by atoms with van der Waals surface area (Å²) >= 11 is 1.99. The Morgan fingerprint density at radius 1 is 1.25 bits per heavy atom. The second-order valence-corrected chi connectivity index (χ2v) is 7.10. The first kappa shape index (κ1) is 17.3. The number of nitrogens with zero attached hydrogens (tertiary/aromatic N) is 1. The van der Waals surface area contributed by atoms with Crippen LogP contribution in [0.3, 0.4) is 0 Å². The van der Waals surface area contributed by atoms with Crippen molar-refractivity contribution in [2.75, 3.05) is 6.61 Å². The number of aliphatic hydroxyl groups excluding tert-OH is 2. The van der Waals surface area contributed by atoms with Crippen molar-refractivity contribution < 1.29 is 14.9 Å². The number of aliphatic hydroxyl groups is 2. The van der Waals surface area contributed by atoms with Crippen LogP contribution in [0.25, 0.3) is 0 Å². The number of hydrogen-bond donors (Lipinski definition) is 3. The third-order valence-electron chi connectivity index (χ3n) is 4.02. The molecule has 7 nitrogen and oxygen atoms in total. The van der Waals surface area contributed by atoms with E-state index in [4.69, 9.17) is 4.74 Å². The number of aromatic amines is 1. The average Bonchev–Trinajstić information content (AvgIpc) is 2.86. The molecule has 0 bridgehead atoms. The van der Waals surface area contributed by atoms with E-state index in [0.29, 0.717) is 12.0 Å². The van der Waals surface area contributed by atoms with Crippen LogP contribution in [0, 0.1) is 0 Å². The summed E-state index contributed by atoms with van der Waals surface area (Å²) in [7, 11) is 0. The van der Waals surface area contributed by atoms with Crippen LogP contribution in [0.15, 0.2) is 46.1 Å². The Morgan fingerprint density at radius 2 is 1.96 bits per heavy atom. The van der Waals surface area contributed by atoms with Crippen molar-refractivity contribution in [2.45, 2.75) is 28.8 Å². The summed E-state index contributed by atoms with van der Waals surface area (Å²) in [4.78, 5) is 26.5. The molecule has 128 valence electrons. The van der Waals surface area contributed by atoms with Crippen LogP contribution in [0.5, 0.6) is 0 Å². The average molecular weight is 444 g/mol. The number of rotatable bonds is 4. The predicted octanol–water partition coefficient (Wildman–Crippen LogP) is 0.182. The fourth-order valence-corrected chi connectivity index (χ4v) is 3.50. The molecule has 0 radical (unpaired) electrons. The van der Waals surface area contributed by atoms with Gasteiger partial charge in [-0.25, -0.2) is 4.79 Å². The molecule has 1 aliphatic heterocycles. The Hall–Kier alpha value is -1.49. The Bertz CT molecular complexity index is 819. The lowest BCUT2D eigenvalue weighted by Gasteiger charge is -2.18. The second kappa shape index (κ2) is 7.18. The molecule has 3 rings (SSSR count). The molecule has 2 heterocycles. The van der Waals surface area contributed by atoms with Crippen molar-refractivity contribution in [3.8, 4) is 0 Å². The number of nitrogens with one attached hydrogen (secondary N) is 1. The van der Waals surface area contributed by atoms with E-state index in [1.165, 1.54) is 10.8 Å². The summed E-state index contributed by atoms with van der Waals surface area (Å²) in [6.45, 7) is -0.254. The zero-order chi connectivity index (χ0) is 17.3. The summed E-state index contributed by atoms with van der Waals surface area (Å²) in [6.07, 6.45) is -0.692. The van der Waals surface area contributed by atoms with Crippen LogP contribution in [0.2, 0.25) is 0 Å². The van der Waals surface area contributed by atoms with Gasteiger partial charge in [0, 0.05) is 18.2 Å². The normalized spacial score (nSPS) is 26.6. The molecule has 1 aromatic carbocycles. The van der Waals surface area contributed by atoms with Gasteiger partial charge in [0.25, 0.3) is 5.56 Å². The van der Waals surface area contributed by atoms with Crippen molar-refractivity contribution in [1.82, 2.24) is 9.55 Å². The van der Waals surface area contributed by atoms with Gasteiger partial charge in [0.15, 0.2) is 6.23 Å². The lowest BCUT2D eigenvalue weighted by Crippen LogP contribution is -2.38. The number of hydrogen-bond acceptors (Lipinski definition) is 5. The summed E-state index contributed by atoms with van der Waals surface area (Å²) in [5.74, 6) is 0. The number of alkyl halides is 1. The minimum Gasteiger partial charge on any atom is -0.394 e. The van der Waals surface area contributed by atoms with Gasteiger partial charge in [-0.2, -0.15) is 0 Å².